The molecule has 1 nitrogen and oxygen atoms in total. The molecule has 0 amide bonds. The van der Waals surface area contributed by atoms with Gasteiger partial charge in [-0.05, 0) is 24.3 Å². The van der Waals surface area contributed by atoms with Crippen LogP contribution < -0.4 is 4.74 Å². The molecule has 0 aliphatic heterocycles. The summed E-state index contributed by atoms with van der Waals surface area (Å²) in [6.07, 6.45) is 5.38. The fourth-order valence-electron chi connectivity index (χ4n) is 1.32. The van der Waals surface area contributed by atoms with Crippen LogP contribution in [-0.4, -0.2) is 0 Å². The van der Waals surface area contributed by atoms with Crippen LogP contribution in [-0.2, 0) is 0 Å². The van der Waals surface area contributed by atoms with Crippen molar-refractivity contribution in [3.8, 4) is 23.8 Å². The summed E-state index contributed by atoms with van der Waals surface area (Å²) in [5, 5.41) is 0.564. The number of para-hydroxylation sites is 2. The molecule has 0 unspecified atom stereocenters. The molecule has 0 saturated heterocycles. The third kappa shape index (κ3) is 2.18. The molecule has 0 N–H and O–H groups in total. The Morgan fingerprint density at radius 2 is 1.56 bits per heavy atom. The van der Waals surface area contributed by atoms with Crippen LogP contribution in [0.2, 0.25) is 5.02 Å². The topological polar surface area (TPSA) is 9.23 Å². The first-order chi connectivity index (χ1) is 7.81. The molecule has 2 aromatic rings. The zero-order valence-electron chi connectivity index (χ0n) is 8.48. The maximum atomic E-state index is 5.99. The normalized spacial score (nSPS) is 9.50. The number of terminal acetylenes is 1. The Morgan fingerprint density at radius 3 is 2.25 bits per heavy atom. The summed E-state index contributed by atoms with van der Waals surface area (Å²) in [7, 11) is 0. The van der Waals surface area contributed by atoms with E-state index in [-0.39, 0.29) is 0 Å². The van der Waals surface area contributed by atoms with Gasteiger partial charge < -0.3 is 4.74 Å². The monoisotopic (exact) mass is 228 g/mol. The summed E-state index contributed by atoms with van der Waals surface area (Å²) in [5.41, 5.74) is 0.711. The largest absolute Gasteiger partial charge is 0.454 e. The highest BCUT2D eigenvalue weighted by molar-refractivity contribution is 6.32. The Morgan fingerprint density at radius 1 is 0.938 bits per heavy atom. The van der Waals surface area contributed by atoms with Crippen LogP contribution in [0.3, 0.4) is 0 Å². The molecule has 0 saturated carbocycles. The fourth-order valence-corrected chi connectivity index (χ4v) is 1.50. The van der Waals surface area contributed by atoms with E-state index in [0.29, 0.717) is 22.1 Å². The van der Waals surface area contributed by atoms with E-state index in [1.807, 2.05) is 36.4 Å². The van der Waals surface area contributed by atoms with E-state index in [2.05, 4.69) is 5.92 Å². The first-order valence-electron chi connectivity index (χ1n) is 4.79. The van der Waals surface area contributed by atoms with Crippen molar-refractivity contribution in [2.24, 2.45) is 0 Å². The molecule has 0 bridgehead atoms. The first-order valence-corrected chi connectivity index (χ1v) is 5.17. The van der Waals surface area contributed by atoms with Gasteiger partial charge in [0.1, 0.15) is 11.5 Å². The van der Waals surface area contributed by atoms with Gasteiger partial charge in [-0.15, -0.1) is 6.42 Å². The lowest BCUT2D eigenvalue weighted by Crippen LogP contribution is -1.88. The maximum Gasteiger partial charge on any atom is 0.146 e. The van der Waals surface area contributed by atoms with Crippen molar-refractivity contribution in [1.29, 1.82) is 0 Å². The number of rotatable bonds is 2. The van der Waals surface area contributed by atoms with Gasteiger partial charge in [-0.3, -0.25) is 0 Å². The van der Waals surface area contributed by atoms with E-state index in [1.165, 1.54) is 0 Å². The van der Waals surface area contributed by atoms with Crippen molar-refractivity contribution in [1.82, 2.24) is 0 Å². The van der Waals surface area contributed by atoms with Crippen LogP contribution in [0.1, 0.15) is 5.56 Å². The van der Waals surface area contributed by atoms with E-state index in [4.69, 9.17) is 22.8 Å². The highest BCUT2D eigenvalue weighted by atomic mass is 35.5. The molecule has 0 aliphatic carbocycles. The number of hydrogen-bond acceptors (Lipinski definition) is 1. The van der Waals surface area contributed by atoms with Gasteiger partial charge in [-0.25, -0.2) is 0 Å². The van der Waals surface area contributed by atoms with E-state index < -0.39 is 0 Å². The Bertz CT molecular complexity index is 540. The Labute approximate surface area is 99.6 Å². The van der Waals surface area contributed by atoms with E-state index in [0.717, 1.165) is 0 Å². The summed E-state index contributed by atoms with van der Waals surface area (Å²) in [4.78, 5) is 0. The van der Waals surface area contributed by atoms with Crippen LogP contribution in [0, 0.1) is 12.3 Å². The first kappa shape index (κ1) is 10.6. The van der Waals surface area contributed by atoms with Crippen LogP contribution in [0.5, 0.6) is 11.5 Å². The van der Waals surface area contributed by atoms with Gasteiger partial charge in [0.25, 0.3) is 0 Å². The smallest absolute Gasteiger partial charge is 0.146 e. The average Bonchev–Trinajstić information content (AvgIpc) is 2.33. The van der Waals surface area contributed by atoms with Crippen LogP contribution in [0.15, 0.2) is 48.5 Å². The van der Waals surface area contributed by atoms with Gasteiger partial charge >= 0.3 is 0 Å². The Balaban J connectivity index is 2.35. The molecule has 0 fully saturated rings. The van der Waals surface area contributed by atoms with Crippen LogP contribution in [0.4, 0.5) is 0 Å². The fraction of sp³-hybridized carbons (Fsp3) is 0. The van der Waals surface area contributed by atoms with Crippen molar-refractivity contribution in [3.63, 3.8) is 0 Å². The molecule has 2 heteroatoms. The van der Waals surface area contributed by atoms with E-state index in [1.54, 1.807) is 12.1 Å². The molecule has 16 heavy (non-hydrogen) atoms. The number of benzene rings is 2. The van der Waals surface area contributed by atoms with Gasteiger partial charge in [-0.1, -0.05) is 41.8 Å². The van der Waals surface area contributed by atoms with Crippen molar-refractivity contribution in [3.05, 3.63) is 59.1 Å². The summed E-state index contributed by atoms with van der Waals surface area (Å²) in [6, 6.07) is 14.7. The molecule has 0 aliphatic rings. The van der Waals surface area contributed by atoms with Gasteiger partial charge in [0.15, 0.2) is 0 Å². The second-order valence-corrected chi connectivity index (χ2v) is 3.58. The average molecular weight is 229 g/mol. The van der Waals surface area contributed by atoms with Crippen molar-refractivity contribution in [2.75, 3.05) is 0 Å². The van der Waals surface area contributed by atoms with Gasteiger partial charge in [0.05, 0.1) is 10.6 Å². The summed E-state index contributed by atoms with van der Waals surface area (Å²) < 4.78 is 5.66. The lowest BCUT2D eigenvalue weighted by Gasteiger charge is -2.08. The highest BCUT2D eigenvalue weighted by Crippen LogP contribution is 2.30. The predicted molar refractivity (Wildman–Crippen MR) is 65.9 cm³/mol. The number of ether oxygens (including phenoxy) is 1. The third-order valence-electron chi connectivity index (χ3n) is 2.10. The number of halogens is 1. The second kappa shape index (κ2) is 4.74. The molecule has 0 atom stereocenters. The highest BCUT2D eigenvalue weighted by Gasteiger charge is 2.04. The minimum atomic E-state index is 0.564. The molecule has 0 radical (unpaired) electrons. The number of hydrogen-bond donors (Lipinski definition) is 0. The van der Waals surface area contributed by atoms with Gasteiger partial charge in [-0.2, -0.15) is 0 Å². The molecule has 0 aromatic heterocycles. The van der Waals surface area contributed by atoms with Gasteiger partial charge in [0.2, 0.25) is 0 Å². The molecule has 78 valence electrons. The van der Waals surface area contributed by atoms with Crippen molar-refractivity contribution in [2.45, 2.75) is 0 Å². The molecular formula is C14H9ClO. The second-order valence-electron chi connectivity index (χ2n) is 3.17. The zero-order valence-corrected chi connectivity index (χ0v) is 9.24. The molecular weight excluding hydrogens is 220 g/mol. The maximum absolute atomic E-state index is 5.99. The van der Waals surface area contributed by atoms with Crippen molar-refractivity contribution >= 4 is 11.6 Å². The summed E-state index contributed by atoms with van der Waals surface area (Å²) in [6.45, 7) is 0. The minimum Gasteiger partial charge on any atom is -0.454 e. The standard InChI is InChI=1S/C14H9ClO/c1-2-11-7-3-5-9-13(11)16-14-10-6-4-8-12(14)15/h1,3-10H. The summed E-state index contributed by atoms with van der Waals surface area (Å²) in [5.74, 6) is 3.81. The van der Waals surface area contributed by atoms with E-state index in [9.17, 15) is 0 Å². The third-order valence-corrected chi connectivity index (χ3v) is 2.41. The van der Waals surface area contributed by atoms with E-state index >= 15 is 0 Å². The molecule has 2 rings (SSSR count). The SMILES string of the molecule is C#Cc1ccccc1Oc1ccccc1Cl. The van der Waals surface area contributed by atoms with Crippen molar-refractivity contribution < 1.29 is 4.74 Å². The lowest BCUT2D eigenvalue weighted by atomic mass is 10.2. The molecule has 2 aromatic carbocycles. The van der Waals surface area contributed by atoms with Gasteiger partial charge in [0, 0.05) is 0 Å². The predicted octanol–water partition coefficient (Wildman–Crippen LogP) is 4.11. The van der Waals surface area contributed by atoms with Crippen LogP contribution >= 0.6 is 11.6 Å². The zero-order chi connectivity index (χ0) is 11.4. The summed E-state index contributed by atoms with van der Waals surface area (Å²) >= 11 is 5.99. The van der Waals surface area contributed by atoms with Crippen LogP contribution in [0.25, 0.3) is 0 Å². The minimum absolute atomic E-state index is 0.564. The molecule has 0 heterocycles. The lowest BCUT2D eigenvalue weighted by molar-refractivity contribution is 0.481. The quantitative estimate of drug-likeness (QED) is 0.703. The Kier molecular flexibility index (Phi) is 3.14. The Hall–Kier alpha value is -1.91. The molecule has 0 spiro atoms.